The number of piperidine rings is 1. The topological polar surface area (TPSA) is 28.2 Å². The van der Waals surface area contributed by atoms with Crippen LogP contribution in [0.2, 0.25) is 0 Å². The van der Waals surface area contributed by atoms with Gasteiger partial charge in [0.05, 0.1) is 0 Å². The summed E-state index contributed by atoms with van der Waals surface area (Å²) in [5.74, 6) is 1.12. The lowest BCUT2D eigenvalue weighted by Gasteiger charge is -2.33. The third kappa shape index (κ3) is 2.29. The van der Waals surface area contributed by atoms with Gasteiger partial charge in [-0.1, -0.05) is 6.07 Å². The van der Waals surface area contributed by atoms with Crippen LogP contribution in [-0.4, -0.2) is 31.2 Å². The summed E-state index contributed by atoms with van der Waals surface area (Å²) in [4.78, 5) is 6.76. The third-order valence-electron chi connectivity index (χ3n) is 3.13. The van der Waals surface area contributed by atoms with E-state index in [4.69, 9.17) is 0 Å². The molecule has 2 rings (SSSR count). The summed E-state index contributed by atoms with van der Waals surface area (Å²) < 4.78 is 0. The Balaban J connectivity index is 2.12. The maximum Gasteiger partial charge on any atom is 0.131 e. The van der Waals surface area contributed by atoms with Gasteiger partial charge in [0.2, 0.25) is 0 Å². The van der Waals surface area contributed by atoms with Gasteiger partial charge in [0.15, 0.2) is 0 Å². The van der Waals surface area contributed by atoms with Gasteiger partial charge in [-0.3, -0.25) is 0 Å². The van der Waals surface area contributed by atoms with Crippen LogP contribution in [-0.2, 0) is 0 Å². The first kappa shape index (κ1) is 10.4. The standard InChI is InChI=1S/C12H19N3/c1-10-5-3-8-14-12(10)15(2)11-6-4-7-13-9-11/h3,5,8,11,13H,4,6-7,9H2,1-2H3. The molecule has 1 N–H and O–H groups in total. The molecular weight excluding hydrogens is 186 g/mol. The maximum atomic E-state index is 4.45. The Morgan fingerprint density at radius 3 is 3.07 bits per heavy atom. The van der Waals surface area contributed by atoms with Crippen molar-refractivity contribution in [2.45, 2.75) is 25.8 Å². The summed E-state index contributed by atoms with van der Waals surface area (Å²) in [6.07, 6.45) is 4.40. The fourth-order valence-electron chi connectivity index (χ4n) is 2.18. The van der Waals surface area contributed by atoms with E-state index in [1.807, 2.05) is 12.3 Å². The average molecular weight is 205 g/mol. The summed E-state index contributed by atoms with van der Waals surface area (Å²) in [6, 6.07) is 4.70. The van der Waals surface area contributed by atoms with Crippen molar-refractivity contribution in [2.75, 3.05) is 25.0 Å². The van der Waals surface area contributed by atoms with Crippen LogP contribution in [0.3, 0.4) is 0 Å². The van der Waals surface area contributed by atoms with Gasteiger partial charge in [-0.2, -0.15) is 0 Å². The van der Waals surface area contributed by atoms with E-state index in [0.29, 0.717) is 6.04 Å². The molecule has 0 aromatic carbocycles. The predicted molar refractivity (Wildman–Crippen MR) is 63.3 cm³/mol. The van der Waals surface area contributed by atoms with Gasteiger partial charge in [-0.05, 0) is 37.9 Å². The molecule has 0 spiro atoms. The number of likely N-dealkylation sites (N-methyl/N-ethyl adjacent to an activating group) is 1. The summed E-state index contributed by atoms with van der Waals surface area (Å²) in [6.45, 7) is 4.35. The van der Waals surface area contributed by atoms with E-state index < -0.39 is 0 Å². The van der Waals surface area contributed by atoms with E-state index in [9.17, 15) is 0 Å². The van der Waals surface area contributed by atoms with Gasteiger partial charge in [-0.25, -0.2) is 4.98 Å². The first-order valence-electron chi connectivity index (χ1n) is 5.64. The Hall–Kier alpha value is -1.09. The van der Waals surface area contributed by atoms with E-state index in [0.717, 1.165) is 18.9 Å². The molecule has 82 valence electrons. The quantitative estimate of drug-likeness (QED) is 0.794. The van der Waals surface area contributed by atoms with Crippen LogP contribution in [0.4, 0.5) is 5.82 Å². The fourth-order valence-corrected chi connectivity index (χ4v) is 2.18. The molecule has 1 aliphatic rings. The molecule has 3 nitrogen and oxygen atoms in total. The normalized spacial score (nSPS) is 21.3. The van der Waals surface area contributed by atoms with Crippen molar-refractivity contribution in [3.05, 3.63) is 23.9 Å². The lowest BCUT2D eigenvalue weighted by molar-refractivity contribution is 0.443. The van der Waals surface area contributed by atoms with Crippen molar-refractivity contribution in [1.29, 1.82) is 0 Å². The van der Waals surface area contributed by atoms with Crippen molar-refractivity contribution >= 4 is 5.82 Å². The lowest BCUT2D eigenvalue weighted by atomic mass is 10.1. The van der Waals surface area contributed by atoms with Crippen LogP contribution in [0.1, 0.15) is 18.4 Å². The molecule has 15 heavy (non-hydrogen) atoms. The molecule has 0 amide bonds. The van der Waals surface area contributed by atoms with E-state index in [2.05, 4.69) is 35.2 Å². The van der Waals surface area contributed by atoms with Crippen molar-refractivity contribution in [3.63, 3.8) is 0 Å². The third-order valence-corrected chi connectivity index (χ3v) is 3.13. The number of hydrogen-bond donors (Lipinski definition) is 1. The summed E-state index contributed by atoms with van der Waals surface area (Å²) in [7, 11) is 2.15. The SMILES string of the molecule is Cc1cccnc1N(C)C1CCCNC1. The number of nitrogens with one attached hydrogen (secondary N) is 1. The minimum Gasteiger partial charge on any atom is -0.355 e. The zero-order valence-electron chi connectivity index (χ0n) is 9.53. The Bertz CT molecular complexity index is 318. The molecule has 2 heterocycles. The monoisotopic (exact) mass is 205 g/mol. The largest absolute Gasteiger partial charge is 0.355 e. The first-order valence-corrected chi connectivity index (χ1v) is 5.64. The molecule has 3 heteroatoms. The van der Waals surface area contributed by atoms with Crippen LogP contribution in [0, 0.1) is 6.92 Å². The van der Waals surface area contributed by atoms with Crippen LogP contribution in [0.15, 0.2) is 18.3 Å². The number of aromatic nitrogens is 1. The minimum atomic E-state index is 0.590. The molecule has 1 fully saturated rings. The van der Waals surface area contributed by atoms with E-state index in [-0.39, 0.29) is 0 Å². The molecule has 0 radical (unpaired) electrons. The molecule has 1 saturated heterocycles. The highest BCUT2D eigenvalue weighted by atomic mass is 15.2. The zero-order valence-corrected chi connectivity index (χ0v) is 9.53. The molecule has 1 aromatic rings. The van der Waals surface area contributed by atoms with E-state index in [1.165, 1.54) is 18.4 Å². The summed E-state index contributed by atoms with van der Waals surface area (Å²) in [5, 5.41) is 3.44. The van der Waals surface area contributed by atoms with Gasteiger partial charge in [0, 0.05) is 25.8 Å². The molecular formula is C12H19N3. The molecule has 1 atom stereocenters. The van der Waals surface area contributed by atoms with E-state index in [1.54, 1.807) is 0 Å². The first-order chi connectivity index (χ1) is 7.29. The second kappa shape index (κ2) is 4.62. The number of pyridine rings is 1. The average Bonchev–Trinajstić information content (AvgIpc) is 2.30. The fraction of sp³-hybridized carbons (Fsp3) is 0.583. The number of aryl methyl sites for hydroxylation is 1. The maximum absolute atomic E-state index is 4.45. The van der Waals surface area contributed by atoms with Gasteiger partial charge in [0.25, 0.3) is 0 Å². The molecule has 0 saturated carbocycles. The Labute approximate surface area is 91.5 Å². The van der Waals surface area contributed by atoms with Crippen molar-refractivity contribution < 1.29 is 0 Å². The van der Waals surface area contributed by atoms with Gasteiger partial charge < -0.3 is 10.2 Å². The second-order valence-corrected chi connectivity index (χ2v) is 4.25. The van der Waals surface area contributed by atoms with Gasteiger partial charge in [-0.15, -0.1) is 0 Å². The zero-order chi connectivity index (χ0) is 10.7. The Morgan fingerprint density at radius 2 is 2.40 bits per heavy atom. The van der Waals surface area contributed by atoms with Crippen LogP contribution >= 0.6 is 0 Å². The Morgan fingerprint density at radius 1 is 1.53 bits per heavy atom. The Kier molecular flexibility index (Phi) is 3.21. The van der Waals surface area contributed by atoms with Crippen LogP contribution < -0.4 is 10.2 Å². The van der Waals surface area contributed by atoms with Crippen LogP contribution in [0.5, 0.6) is 0 Å². The predicted octanol–water partition coefficient (Wildman–Crippen LogP) is 1.58. The molecule has 0 aliphatic carbocycles. The summed E-state index contributed by atoms with van der Waals surface area (Å²) >= 11 is 0. The number of anilines is 1. The molecule has 1 aromatic heterocycles. The van der Waals surface area contributed by atoms with Crippen molar-refractivity contribution in [2.24, 2.45) is 0 Å². The minimum absolute atomic E-state index is 0.590. The van der Waals surface area contributed by atoms with Crippen molar-refractivity contribution in [1.82, 2.24) is 10.3 Å². The number of hydrogen-bond acceptors (Lipinski definition) is 3. The summed E-state index contributed by atoms with van der Waals surface area (Å²) in [5.41, 5.74) is 1.26. The highest BCUT2D eigenvalue weighted by Crippen LogP contribution is 2.19. The molecule has 0 bridgehead atoms. The van der Waals surface area contributed by atoms with E-state index >= 15 is 0 Å². The smallest absolute Gasteiger partial charge is 0.131 e. The number of rotatable bonds is 2. The van der Waals surface area contributed by atoms with Crippen molar-refractivity contribution in [3.8, 4) is 0 Å². The molecule has 1 aliphatic heterocycles. The lowest BCUT2D eigenvalue weighted by Crippen LogP contribution is -2.44. The van der Waals surface area contributed by atoms with Crippen LogP contribution in [0.25, 0.3) is 0 Å². The van der Waals surface area contributed by atoms with Gasteiger partial charge in [0.1, 0.15) is 5.82 Å². The number of nitrogens with zero attached hydrogens (tertiary/aromatic N) is 2. The highest BCUT2D eigenvalue weighted by molar-refractivity contribution is 5.46. The second-order valence-electron chi connectivity index (χ2n) is 4.25. The highest BCUT2D eigenvalue weighted by Gasteiger charge is 2.19. The van der Waals surface area contributed by atoms with Gasteiger partial charge >= 0.3 is 0 Å². The molecule has 1 unspecified atom stereocenters.